The molecule has 0 aromatic heterocycles. The van der Waals surface area contributed by atoms with Crippen LogP contribution in [0.1, 0.15) is 33.1 Å². The topological polar surface area (TPSA) is 12.0 Å². The predicted octanol–water partition coefficient (Wildman–Crippen LogP) is 4.06. The van der Waals surface area contributed by atoms with Crippen molar-refractivity contribution in [2.75, 3.05) is 5.32 Å². The van der Waals surface area contributed by atoms with Gasteiger partial charge in [0.1, 0.15) is 5.82 Å². The van der Waals surface area contributed by atoms with Gasteiger partial charge < -0.3 is 5.32 Å². The van der Waals surface area contributed by atoms with E-state index in [2.05, 4.69) is 19.2 Å². The number of halogens is 1. The van der Waals surface area contributed by atoms with Crippen LogP contribution in [0.5, 0.6) is 0 Å². The van der Waals surface area contributed by atoms with Gasteiger partial charge in [-0.05, 0) is 36.5 Å². The minimum Gasteiger partial charge on any atom is -0.382 e. The van der Waals surface area contributed by atoms with Gasteiger partial charge in [0.2, 0.25) is 0 Å². The lowest BCUT2D eigenvalue weighted by atomic mass is 9.78. The highest BCUT2D eigenvalue weighted by Gasteiger charge is 2.26. The normalized spacial score (nSPS) is 30.1. The van der Waals surface area contributed by atoms with Gasteiger partial charge in [-0.2, -0.15) is 0 Å². The van der Waals surface area contributed by atoms with E-state index in [-0.39, 0.29) is 5.82 Å². The van der Waals surface area contributed by atoms with Crippen LogP contribution in [0.2, 0.25) is 0 Å². The Balaban J connectivity index is 2.03. The van der Waals surface area contributed by atoms with Crippen molar-refractivity contribution < 1.29 is 4.39 Å². The number of anilines is 1. The molecule has 0 saturated heterocycles. The molecular formula is C14H20FN. The van der Waals surface area contributed by atoms with E-state index in [0.717, 1.165) is 11.6 Å². The maximum atomic E-state index is 13.1. The summed E-state index contributed by atoms with van der Waals surface area (Å²) in [5.74, 6) is 1.26. The zero-order chi connectivity index (χ0) is 11.5. The minimum absolute atomic E-state index is 0.165. The molecule has 88 valence electrons. The third-order valence-electron chi connectivity index (χ3n) is 3.88. The van der Waals surface area contributed by atoms with Crippen molar-refractivity contribution in [3.8, 4) is 0 Å². The molecule has 1 fully saturated rings. The highest BCUT2D eigenvalue weighted by atomic mass is 19.1. The second-order valence-electron chi connectivity index (χ2n) is 5.03. The summed E-state index contributed by atoms with van der Waals surface area (Å²) in [4.78, 5) is 0. The Morgan fingerprint density at radius 3 is 2.81 bits per heavy atom. The van der Waals surface area contributed by atoms with Gasteiger partial charge in [-0.1, -0.05) is 32.8 Å². The lowest BCUT2D eigenvalue weighted by Crippen LogP contribution is -2.34. The Bertz CT molecular complexity index is 350. The van der Waals surface area contributed by atoms with E-state index < -0.39 is 0 Å². The SMILES string of the molecule is CC1CCCC(Nc2cccc(F)c2)C1C. The number of rotatable bonds is 2. The Kier molecular flexibility index (Phi) is 3.47. The molecule has 1 N–H and O–H groups in total. The van der Waals surface area contributed by atoms with Crippen molar-refractivity contribution in [2.45, 2.75) is 39.2 Å². The molecule has 0 heterocycles. The second kappa shape index (κ2) is 4.86. The Labute approximate surface area is 97.1 Å². The van der Waals surface area contributed by atoms with Crippen molar-refractivity contribution in [3.63, 3.8) is 0 Å². The maximum absolute atomic E-state index is 13.1. The fourth-order valence-corrected chi connectivity index (χ4v) is 2.58. The standard InChI is InChI=1S/C14H20FN/c1-10-5-3-8-14(11(10)2)16-13-7-4-6-12(15)9-13/h4,6-7,9-11,14,16H,3,5,8H2,1-2H3. The molecule has 1 aromatic rings. The summed E-state index contributed by atoms with van der Waals surface area (Å²) >= 11 is 0. The first-order valence-corrected chi connectivity index (χ1v) is 6.19. The third kappa shape index (κ3) is 2.55. The van der Waals surface area contributed by atoms with Crippen LogP contribution < -0.4 is 5.32 Å². The molecular weight excluding hydrogens is 201 g/mol. The van der Waals surface area contributed by atoms with Crippen LogP contribution in [0.4, 0.5) is 10.1 Å². The first kappa shape index (κ1) is 11.4. The quantitative estimate of drug-likeness (QED) is 0.794. The van der Waals surface area contributed by atoms with Crippen molar-refractivity contribution in [3.05, 3.63) is 30.1 Å². The number of hydrogen-bond acceptors (Lipinski definition) is 1. The highest BCUT2D eigenvalue weighted by Crippen LogP contribution is 2.31. The van der Waals surface area contributed by atoms with Crippen LogP contribution in [0.25, 0.3) is 0 Å². The van der Waals surface area contributed by atoms with Gasteiger partial charge in [-0.25, -0.2) is 4.39 Å². The Morgan fingerprint density at radius 1 is 1.25 bits per heavy atom. The van der Waals surface area contributed by atoms with Crippen molar-refractivity contribution in [1.29, 1.82) is 0 Å². The molecule has 1 aliphatic carbocycles. The number of benzene rings is 1. The highest BCUT2D eigenvalue weighted by molar-refractivity contribution is 5.44. The monoisotopic (exact) mass is 221 g/mol. The zero-order valence-corrected chi connectivity index (χ0v) is 10.0. The molecule has 0 amide bonds. The van der Waals surface area contributed by atoms with Crippen LogP contribution in [0.3, 0.4) is 0 Å². The lowest BCUT2D eigenvalue weighted by Gasteiger charge is -2.35. The van der Waals surface area contributed by atoms with Crippen LogP contribution in [0, 0.1) is 17.7 Å². The van der Waals surface area contributed by atoms with Crippen LogP contribution in [-0.4, -0.2) is 6.04 Å². The van der Waals surface area contributed by atoms with Crippen molar-refractivity contribution in [2.24, 2.45) is 11.8 Å². The smallest absolute Gasteiger partial charge is 0.125 e. The molecule has 0 radical (unpaired) electrons. The number of hydrogen-bond donors (Lipinski definition) is 1. The Morgan fingerprint density at radius 2 is 2.06 bits per heavy atom. The molecule has 1 saturated carbocycles. The molecule has 2 heteroatoms. The summed E-state index contributed by atoms with van der Waals surface area (Å²) in [6.45, 7) is 4.60. The van der Waals surface area contributed by atoms with E-state index in [1.165, 1.54) is 25.3 Å². The van der Waals surface area contributed by atoms with Gasteiger partial charge >= 0.3 is 0 Å². The zero-order valence-electron chi connectivity index (χ0n) is 10.0. The van der Waals surface area contributed by atoms with Crippen LogP contribution in [-0.2, 0) is 0 Å². The fourth-order valence-electron chi connectivity index (χ4n) is 2.58. The van der Waals surface area contributed by atoms with E-state index in [1.807, 2.05) is 6.07 Å². The van der Waals surface area contributed by atoms with E-state index in [1.54, 1.807) is 12.1 Å². The summed E-state index contributed by atoms with van der Waals surface area (Å²) in [6, 6.07) is 7.25. The van der Waals surface area contributed by atoms with Gasteiger partial charge in [-0.3, -0.25) is 0 Å². The third-order valence-corrected chi connectivity index (χ3v) is 3.88. The minimum atomic E-state index is -0.165. The van der Waals surface area contributed by atoms with Gasteiger partial charge in [0.15, 0.2) is 0 Å². The first-order valence-electron chi connectivity index (χ1n) is 6.19. The van der Waals surface area contributed by atoms with Crippen molar-refractivity contribution >= 4 is 5.69 Å². The van der Waals surface area contributed by atoms with Crippen LogP contribution in [0.15, 0.2) is 24.3 Å². The predicted molar refractivity (Wildman–Crippen MR) is 66.0 cm³/mol. The first-order chi connectivity index (χ1) is 7.66. The lowest BCUT2D eigenvalue weighted by molar-refractivity contribution is 0.253. The van der Waals surface area contributed by atoms with E-state index >= 15 is 0 Å². The van der Waals surface area contributed by atoms with Gasteiger partial charge in [0.05, 0.1) is 0 Å². The molecule has 1 nitrogen and oxygen atoms in total. The molecule has 0 bridgehead atoms. The molecule has 0 spiro atoms. The summed E-state index contributed by atoms with van der Waals surface area (Å²) < 4.78 is 13.1. The largest absolute Gasteiger partial charge is 0.382 e. The molecule has 1 aromatic carbocycles. The maximum Gasteiger partial charge on any atom is 0.125 e. The summed E-state index contributed by atoms with van der Waals surface area (Å²) in [7, 11) is 0. The fraction of sp³-hybridized carbons (Fsp3) is 0.571. The average Bonchev–Trinajstić information content (AvgIpc) is 2.25. The molecule has 2 rings (SSSR count). The average molecular weight is 221 g/mol. The summed E-state index contributed by atoms with van der Waals surface area (Å²) in [6.07, 6.45) is 3.79. The molecule has 1 aliphatic rings. The second-order valence-corrected chi connectivity index (χ2v) is 5.03. The van der Waals surface area contributed by atoms with Crippen LogP contribution >= 0.6 is 0 Å². The number of nitrogens with one attached hydrogen (secondary N) is 1. The molecule has 3 unspecified atom stereocenters. The van der Waals surface area contributed by atoms with E-state index in [4.69, 9.17) is 0 Å². The van der Waals surface area contributed by atoms with E-state index in [0.29, 0.717) is 12.0 Å². The van der Waals surface area contributed by atoms with Crippen molar-refractivity contribution in [1.82, 2.24) is 0 Å². The molecule has 16 heavy (non-hydrogen) atoms. The Hall–Kier alpha value is -1.05. The summed E-state index contributed by atoms with van der Waals surface area (Å²) in [5, 5.41) is 3.46. The molecule has 0 aliphatic heterocycles. The molecule has 3 atom stereocenters. The van der Waals surface area contributed by atoms with Gasteiger partial charge in [0, 0.05) is 11.7 Å². The van der Waals surface area contributed by atoms with Gasteiger partial charge in [0.25, 0.3) is 0 Å². The van der Waals surface area contributed by atoms with E-state index in [9.17, 15) is 4.39 Å². The summed E-state index contributed by atoms with van der Waals surface area (Å²) in [5.41, 5.74) is 0.908. The van der Waals surface area contributed by atoms with Gasteiger partial charge in [-0.15, -0.1) is 0 Å².